The predicted octanol–water partition coefficient (Wildman–Crippen LogP) is 4.74. The first-order chi connectivity index (χ1) is 9.74. The quantitative estimate of drug-likeness (QED) is 0.743. The molecule has 0 atom stereocenters. The molecular weight excluding hydrogens is 266 g/mol. The van der Waals surface area contributed by atoms with Gasteiger partial charge in [0.05, 0.1) is 0 Å². The molecule has 0 aromatic heterocycles. The molecule has 110 valence electrons. The third-order valence-corrected chi connectivity index (χ3v) is 4.53. The summed E-state index contributed by atoms with van der Waals surface area (Å²) in [6.45, 7) is 5.95. The molecule has 0 bridgehead atoms. The van der Waals surface area contributed by atoms with Gasteiger partial charge in [0.25, 0.3) is 5.17 Å². The molecule has 0 spiro atoms. The summed E-state index contributed by atoms with van der Waals surface area (Å²) in [6.07, 6.45) is 6.80. The van der Waals surface area contributed by atoms with Crippen LogP contribution < -0.4 is 4.74 Å². The number of ether oxygens (including phenoxy) is 1. The fourth-order valence-electron chi connectivity index (χ4n) is 2.89. The van der Waals surface area contributed by atoms with Crippen molar-refractivity contribution in [2.45, 2.75) is 51.9 Å². The van der Waals surface area contributed by atoms with Crippen LogP contribution in [-0.4, -0.2) is 23.2 Å². The molecule has 2 nitrogen and oxygen atoms in total. The molecule has 0 unspecified atom stereocenters. The van der Waals surface area contributed by atoms with E-state index < -0.39 is 0 Å². The Morgan fingerprint density at radius 1 is 1.10 bits per heavy atom. The molecule has 1 aliphatic rings. The van der Waals surface area contributed by atoms with E-state index in [0.717, 1.165) is 24.8 Å². The van der Waals surface area contributed by atoms with E-state index in [-0.39, 0.29) is 0 Å². The van der Waals surface area contributed by atoms with Crippen LogP contribution in [-0.2, 0) is 0 Å². The van der Waals surface area contributed by atoms with Crippen LogP contribution in [0.3, 0.4) is 0 Å². The van der Waals surface area contributed by atoms with Crippen LogP contribution in [0.5, 0.6) is 5.75 Å². The number of hydrogen-bond donors (Lipinski definition) is 0. The van der Waals surface area contributed by atoms with Crippen molar-refractivity contribution in [1.29, 1.82) is 0 Å². The van der Waals surface area contributed by atoms with Crippen LogP contribution in [0.1, 0.15) is 57.4 Å². The van der Waals surface area contributed by atoms with Gasteiger partial charge < -0.3 is 9.64 Å². The van der Waals surface area contributed by atoms with Gasteiger partial charge in [-0.2, -0.15) is 0 Å². The van der Waals surface area contributed by atoms with E-state index in [1.54, 1.807) is 0 Å². The molecule has 1 fully saturated rings. The van der Waals surface area contributed by atoms with Gasteiger partial charge in [0.1, 0.15) is 5.75 Å². The minimum Gasteiger partial charge on any atom is -0.432 e. The fraction of sp³-hybridized carbons (Fsp3) is 0.588. The number of hydrogen-bond acceptors (Lipinski definition) is 2. The first kappa shape index (κ1) is 15.3. The maximum atomic E-state index is 5.76. The highest BCUT2D eigenvalue weighted by Crippen LogP contribution is 2.33. The summed E-state index contributed by atoms with van der Waals surface area (Å²) in [4.78, 5) is 2.05. The van der Waals surface area contributed by atoms with Crippen LogP contribution in [0.15, 0.2) is 24.3 Å². The smallest absolute Gasteiger partial charge is 0.264 e. The van der Waals surface area contributed by atoms with Gasteiger partial charge in [-0.05, 0) is 62.5 Å². The molecule has 0 heterocycles. The van der Waals surface area contributed by atoms with Crippen molar-refractivity contribution in [3.63, 3.8) is 0 Å². The second-order valence-corrected chi connectivity index (χ2v) is 5.79. The molecule has 3 heteroatoms. The van der Waals surface area contributed by atoms with Crippen LogP contribution in [0.25, 0.3) is 0 Å². The second kappa shape index (κ2) is 7.63. The van der Waals surface area contributed by atoms with Crippen molar-refractivity contribution in [1.82, 2.24) is 4.90 Å². The first-order valence-electron chi connectivity index (χ1n) is 7.81. The van der Waals surface area contributed by atoms with Crippen molar-refractivity contribution in [3.05, 3.63) is 29.8 Å². The summed E-state index contributed by atoms with van der Waals surface area (Å²) in [5.74, 6) is 1.59. The SMILES string of the molecule is CCN(CC)C(=S)Oc1ccc(C2CCCCC2)cc1. The molecule has 0 aliphatic heterocycles. The molecule has 0 saturated heterocycles. The summed E-state index contributed by atoms with van der Waals surface area (Å²) in [7, 11) is 0. The van der Waals surface area contributed by atoms with Gasteiger partial charge in [0.2, 0.25) is 0 Å². The molecule has 0 radical (unpaired) electrons. The van der Waals surface area contributed by atoms with Crippen molar-refractivity contribution in [2.75, 3.05) is 13.1 Å². The van der Waals surface area contributed by atoms with Crippen molar-refractivity contribution in [3.8, 4) is 5.75 Å². The molecule has 1 aliphatic carbocycles. The van der Waals surface area contributed by atoms with Gasteiger partial charge in [0.15, 0.2) is 0 Å². The Morgan fingerprint density at radius 2 is 1.70 bits per heavy atom. The van der Waals surface area contributed by atoms with Crippen molar-refractivity contribution < 1.29 is 4.74 Å². The van der Waals surface area contributed by atoms with E-state index in [4.69, 9.17) is 17.0 Å². The summed E-state index contributed by atoms with van der Waals surface area (Å²) >= 11 is 5.32. The van der Waals surface area contributed by atoms with E-state index in [1.165, 1.54) is 37.7 Å². The Kier molecular flexibility index (Phi) is 5.84. The van der Waals surface area contributed by atoms with E-state index in [9.17, 15) is 0 Å². The van der Waals surface area contributed by atoms with Gasteiger partial charge >= 0.3 is 0 Å². The summed E-state index contributed by atoms with van der Waals surface area (Å²) in [5.41, 5.74) is 1.45. The lowest BCUT2D eigenvalue weighted by atomic mass is 9.84. The molecule has 20 heavy (non-hydrogen) atoms. The number of nitrogens with zero attached hydrogens (tertiary/aromatic N) is 1. The number of rotatable bonds is 4. The Morgan fingerprint density at radius 3 is 2.25 bits per heavy atom. The lowest BCUT2D eigenvalue weighted by molar-refractivity contribution is 0.378. The fourth-order valence-corrected chi connectivity index (χ4v) is 3.25. The highest BCUT2D eigenvalue weighted by Gasteiger charge is 2.15. The van der Waals surface area contributed by atoms with Gasteiger partial charge in [-0.25, -0.2) is 0 Å². The van der Waals surface area contributed by atoms with Gasteiger partial charge in [0, 0.05) is 13.1 Å². The topological polar surface area (TPSA) is 12.5 Å². The summed E-state index contributed by atoms with van der Waals surface area (Å²) < 4.78 is 5.76. The zero-order valence-corrected chi connectivity index (χ0v) is 13.4. The third kappa shape index (κ3) is 3.95. The average molecular weight is 291 g/mol. The van der Waals surface area contributed by atoms with Gasteiger partial charge in [-0.1, -0.05) is 31.4 Å². The maximum Gasteiger partial charge on any atom is 0.264 e. The van der Waals surface area contributed by atoms with Gasteiger partial charge in [-0.3, -0.25) is 0 Å². The van der Waals surface area contributed by atoms with Crippen LogP contribution in [0.2, 0.25) is 0 Å². The Bertz CT molecular complexity index is 419. The minimum absolute atomic E-state index is 0.570. The van der Waals surface area contributed by atoms with E-state index in [1.807, 2.05) is 4.90 Å². The van der Waals surface area contributed by atoms with Crippen LogP contribution in [0, 0.1) is 0 Å². The zero-order valence-electron chi connectivity index (χ0n) is 12.6. The molecule has 0 N–H and O–H groups in total. The highest BCUT2D eigenvalue weighted by atomic mass is 32.1. The van der Waals surface area contributed by atoms with Gasteiger partial charge in [-0.15, -0.1) is 0 Å². The predicted molar refractivity (Wildman–Crippen MR) is 88.4 cm³/mol. The third-order valence-electron chi connectivity index (χ3n) is 4.18. The van der Waals surface area contributed by atoms with Crippen molar-refractivity contribution in [2.24, 2.45) is 0 Å². The van der Waals surface area contributed by atoms with E-state index >= 15 is 0 Å². The summed E-state index contributed by atoms with van der Waals surface area (Å²) in [5, 5.41) is 0.570. The average Bonchev–Trinajstić information content (AvgIpc) is 2.50. The standard InChI is InChI=1S/C17H25NOS/c1-3-18(4-2)17(20)19-16-12-10-15(11-13-16)14-8-6-5-7-9-14/h10-14H,3-9H2,1-2H3. The number of thiocarbonyl (C=S) groups is 1. The molecule has 1 aromatic rings. The minimum atomic E-state index is 0.570. The van der Waals surface area contributed by atoms with E-state index in [0.29, 0.717) is 5.17 Å². The number of benzene rings is 1. The summed E-state index contributed by atoms with van der Waals surface area (Å²) in [6, 6.07) is 8.52. The second-order valence-electron chi connectivity index (χ2n) is 5.44. The molecule has 2 rings (SSSR count). The van der Waals surface area contributed by atoms with Crippen LogP contribution in [0.4, 0.5) is 0 Å². The largest absolute Gasteiger partial charge is 0.432 e. The maximum absolute atomic E-state index is 5.76. The Balaban J connectivity index is 1.95. The molecule has 0 amide bonds. The zero-order chi connectivity index (χ0) is 14.4. The van der Waals surface area contributed by atoms with Crippen LogP contribution >= 0.6 is 12.2 Å². The molecular formula is C17H25NOS. The monoisotopic (exact) mass is 291 g/mol. The lowest BCUT2D eigenvalue weighted by Gasteiger charge is -2.23. The Labute approximate surface area is 128 Å². The first-order valence-corrected chi connectivity index (χ1v) is 8.22. The molecule has 1 aromatic carbocycles. The molecule has 1 saturated carbocycles. The Hall–Kier alpha value is -1.09. The lowest BCUT2D eigenvalue weighted by Crippen LogP contribution is -2.32. The van der Waals surface area contributed by atoms with Crippen molar-refractivity contribution >= 4 is 17.4 Å². The normalized spacial score (nSPS) is 15.9. The highest BCUT2D eigenvalue weighted by molar-refractivity contribution is 7.80. The van der Waals surface area contributed by atoms with E-state index in [2.05, 4.69) is 38.1 Å².